The third-order valence-electron chi connectivity index (χ3n) is 8.10. The van der Waals surface area contributed by atoms with Crippen LogP contribution in [0.3, 0.4) is 0 Å². The first kappa shape index (κ1) is 26.4. The first-order valence-corrected chi connectivity index (χ1v) is 15.7. The van der Waals surface area contributed by atoms with Crippen molar-refractivity contribution >= 4 is 21.4 Å². The molecule has 1 spiro atoms. The number of H-pyrrole nitrogens is 2. The number of likely N-dealkylation sites (tertiary alicyclic amines) is 2. The molecule has 2 aliphatic heterocycles. The number of aromatic nitrogens is 4. The van der Waals surface area contributed by atoms with Crippen molar-refractivity contribution in [2.45, 2.75) is 50.8 Å². The Morgan fingerprint density at radius 1 is 0.923 bits per heavy atom. The van der Waals surface area contributed by atoms with Gasteiger partial charge in [-0.2, -0.15) is 4.31 Å². The van der Waals surface area contributed by atoms with Crippen LogP contribution in [0.15, 0.2) is 65.4 Å². The number of hydrogen-bond acceptors (Lipinski definition) is 7. The molecule has 2 aliphatic rings. The first-order chi connectivity index (χ1) is 18.9. The van der Waals surface area contributed by atoms with Crippen LogP contribution < -0.4 is 0 Å². The van der Waals surface area contributed by atoms with Crippen LogP contribution in [0.25, 0.3) is 0 Å². The van der Waals surface area contributed by atoms with Gasteiger partial charge in [0.15, 0.2) is 0 Å². The summed E-state index contributed by atoms with van der Waals surface area (Å²) in [5.74, 6) is 1.17. The van der Waals surface area contributed by atoms with Gasteiger partial charge in [0.2, 0.25) is 10.0 Å². The van der Waals surface area contributed by atoms with Gasteiger partial charge in [-0.1, -0.05) is 12.1 Å². The average Bonchev–Trinajstić information content (AvgIpc) is 3.76. The number of thiophene rings is 1. The van der Waals surface area contributed by atoms with Gasteiger partial charge in [0.05, 0.1) is 18.0 Å². The molecule has 206 valence electrons. The van der Waals surface area contributed by atoms with Crippen LogP contribution in [0, 0.1) is 12.3 Å². The molecule has 11 heteroatoms. The lowest BCUT2D eigenvalue weighted by molar-refractivity contribution is 0.235. The summed E-state index contributed by atoms with van der Waals surface area (Å²) < 4.78 is 28.6. The molecule has 5 heterocycles. The van der Waals surface area contributed by atoms with E-state index in [9.17, 15) is 8.42 Å². The van der Waals surface area contributed by atoms with Gasteiger partial charge in [-0.3, -0.25) is 9.80 Å². The minimum atomic E-state index is -3.75. The van der Waals surface area contributed by atoms with E-state index in [1.54, 1.807) is 36.9 Å². The quantitative estimate of drug-likeness (QED) is 0.302. The van der Waals surface area contributed by atoms with Crippen molar-refractivity contribution < 1.29 is 8.42 Å². The van der Waals surface area contributed by atoms with Gasteiger partial charge in [-0.15, -0.1) is 11.3 Å². The summed E-state index contributed by atoms with van der Waals surface area (Å²) in [6.45, 7) is 8.92. The molecule has 0 amide bonds. The summed E-state index contributed by atoms with van der Waals surface area (Å²) in [7, 11) is -3.75. The standard InChI is InChI=1S/C28H35N7O2S2/c1-22-6-15-38-25(22)17-34-14-8-28(21-34)7-13-33(20-28)16-23-2-4-24(5-3-23)39(36,37)35(18-26-29-9-10-30-26)19-27-31-11-12-32-27/h2-6,9-12,15H,7-8,13-14,16-21H2,1H3,(H,29,30)(H,31,32). The van der Waals surface area contributed by atoms with Crippen molar-refractivity contribution in [3.8, 4) is 0 Å². The van der Waals surface area contributed by atoms with Gasteiger partial charge < -0.3 is 9.97 Å². The van der Waals surface area contributed by atoms with E-state index in [2.05, 4.69) is 48.1 Å². The van der Waals surface area contributed by atoms with E-state index in [-0.39, 0.29) is 18.0 Å². The highest BCUT2D eigenvalue weighted by atomic mass is 32.2. The molecular formula is C28H35N7O2S2. The molecule has 2 N–H and O–H groups in total. The van der Waals surface area contributed by atoms with Crippen LogP contribution in [0.5, 0.6) is 0 Å². The Morgan fingerprint density at radius 2 is 1.54 bits per heavy atom. The second-order valence-electron chi connectivity index (χ2n) is 10.9. The number of imidazole rings is 2. The maximum absolute atomic E-state index is 13.6. The van der Waals surface area contributed by atoms with Crippen LogP contribution in [-0.4, -0.2) is 68.6 Å². The van der Waals surface area contributed by atoms with E-state index < -0.39 is 10.0 Å². The van der Waals surface area contributed by atoms with Crippen LogP contribution >= 0.6 is 11.3 Å². The average molecular weight is 566 g/mol. The lowest BCUT2D eigenvalue weighted by Crippen LogP contribution is -2.31. The van der Waals surface area contributed by atoms with E-state index in [1.165, 1.54) is 40.7 Å². The summed E-state index contributed by atoms with van der Waals surface area (Å²) in [4.78, 5) is 21.4. The fraction of sp³-hybridized carbons (Fsp3) is 0.429. The molecule has 3 aromatic heterocycles. The Labute approximate surface area is 234 Å². The topological polar surface area (TPSA) is 101 Å². The third kappa shape index (κ3) is 5.87. The summed E-state index contributed by atoms with van der Waals surface area (Å²) in [6, 6.07) is 9.59. The molecule has 1 unspecified atom stereocenters. The lowest BCUT2D eigenvalue weighted by Gasteiger charge is -2.25. The van der Waals surface area contributed by atoms with Crippen LogP contribution in [0.4, 0.5) is 0 Å². The van der Waals surface area contributed by atoms with E-state index in [0.29, 0.717) is 17.1 Å². The highest BCUT2D eigenvalue weighted by Crippen LogP contribution is 2.40. The van der Waals surface area contributed by atoms with Crippen molar-refractivity contribution in [1.82, 2.24) is 34.0 Å². The molecule has 0 bridgehead atoms. The van der Waals surface area contributed by atoms with Crippen molar-refractivity contribution in [2.24, 2.45) is 5.41 Å². The van der Waals surface area contributed by atoms with Gasteiger partial charge in [0, 0.05) is 55.8 Å². The molecule has 0 saturated carbocycles. The molecule has 1 atom stereocenters. The number of benzene rings is 1. The zero-order valence-electron chi connectivity index (χ0n) is 22.2. The van der Waals surface area contributed by atoms with Gasteiger partial charge >= 0.3 is 0 Å². The predicted octanol–water partition coefficient (Wildman–Crippen LogP) is 3.99. The Hall–Kier alpha value is -2.83. The number of hydrogen-bond donors (Lipinski definition) is 2. The second kappa shape index (κ2) is 11.0. The third-order valence-corrected chi connectivity index (χ3v) is 10.9. The molecule has 0 aliphatic carbocycles. The predicted molar refractivity (Wildman–Crippen MR) is 151 cm³/mol. The molecule has 2 saturated heterocycles. The largest absolute Gasteiger partial charge is 0.347 e. The number of aromatic amines is 2. The first-order valence-electron chi connectivity index (χ1n) is 13.4. The van der Waals surface area contributed by atoms with Gasteiger partial charge in [-0.05, 0) is 73.0 Å². The monoisotopic (exact) mass is 565 g/mol. The number of aryl methyl sites for hydroxylation is 1. The molecule has 2 fully saturated rings. The maximum Gasteiger partial charge on any atom is 0.243 e. The van der Waals surface area contributed by atoms with Crippen molar-refractivity contribution in [1.29, 1.82) is 0 Å². The molecule has 39 heavy (non-hydrogen) atoms. The van der Waals surface area contributed by atoms with Crippen molar-refractivity contribution in [2.75, 3.05) is 26.2 Å². The normalized spacial score (nSPS) is 20.6. The lowest BCUT2D eigenvalue weighted by atomic mass is 9.86. The minimum absolute atomic E-state index is 0.136. The molecule has 6 rings (SSSR count). The van der Waals surface area contributed by atoms with E-state index in [1.807, 2.05) is 23.5 Å². The zero-order chi connectivity index (χ0) is 26.9. The SMILES string of the molecule is Cc1ccsc1CN1CCC2(CCN(Cc3ccc(S(=O)(=O)N(Cc4ncc[nH]4)Cc4ncc[nH]4)cc3)C2)C1. The summed E-state index contributed by atoms with van der Waals surface area (Å²) in [5, 5.41) is 2.19. The fourth-order valence-corrected chi connectivity index (χ4v) is 8.24. The Morgan fingerprint density at radius 3 is 2.08 bits per heavy atom. The van der Waals surface area contributed by atoms with Crippen LogP contribution in [0.2, 0.25) is 0 Å². The molecule has 4 aromatic rings. The van der Waals surface area contributed by atoms with Gasteiger partial charge in [0.25, 0.3) is 0 Å². The number of nitrogens with one attached hydrogen (secondary N) is 2. The highest BCUT2D eigenvalue weighted by molar-refractivity contribution is 7.89. The number of nitrogens with zero attached hydrogens (tertiary/aromatic N) is 5. The zero-order valence-corrected chi connectivity index (χ0v) is 23.8. The van der Waals surface area contributed by atoms with Gasteiger partial charge in [0.1, 0.15) is 11.6 Å². The van der Waals surface area contributed by atoms with Gasteiger partial charge in [-0.25, -0.2) is 18.4 Å². The number of rotatable bonds is 10. The Balaban J connectivity index is 1.09. The maximum atomic E-state index is 13.6. The van der Waals surface area contributed by atoms with E-state index >= 15 is 0 Å². The Bertz CT molecular complexity index is 1430. The minimum Gasteiger partial charge on any atom is -0.347 e. The van der Waals surface area contributed by atoms with Crippen LogP contribution in [-0.2, 0) is 36.2 Å². The van der Waals surface area contributed by atoms with E-state index in [0.717, 1.165) is 31.7 Å². The number of sulfonamides is 1. The molecule has 1 aromatic carbocycles. The summed E-state index contributed by atoms with van der Waals surface area (Å²) >= 11 is 1.87. The Kier molecular flexibility index (Phi) is 7.43. The molecule has 9 nitrogen and oxygen atoms in total. The molecular weight excluding hydrogens is 530 g/mol. The molecule has 0 radical (unpaired) electrons. The van der Waals surface area contributed by atoms with Crippen molar-refractivity contribution in [3.05, 3.63) is 88.2 Å². The van der Waals surface area contributed by atoms with Crippen molar-refractivity contribution in [3.63, 3.8) is 0 Å². The summed E-state index contributed by atoms with van der Waals surface area (Å²) in [6.07, 6.45) is 9.12. The van der Waals surface area contributed by atoms with E-state index in [4.69, 9.17) is 0 Å². The fourth-order valence-electron chi connectivity index (χ4n) is 5.93. The smallest absolute Gasteiger partial charge is 0.243 e. The highest BCUT2D eigenvalue weighted by Gasteiger charge is 2.43. The second-order valence-corrected chi connectivity index (χ2v) is 13.9. The summed E-state index contributed by atoms with van der Waals surface area (Å²) in [5.41, 5.74) is 2.93. The van der Waals surface area contributed by atoms with Crippen LogP contribution in [0.1, 0.15) is 40.5 Å².